The molecule has 1 aromatic heterocycles. The first-order valence-corrected chi connectivity index (χ1v) is 7.13. The molecule has 0 bridgehead atoms. The third-order valence-electron chi connectivity index (χ3n) is 3.25. The number of aromatic amines is 1. The lowest BCUT2D eigenvalue weighted by atomic mass is 10.2. The summed E-state index contributed by atoms with van der Waals surface area (Å²) >= 11 is 1.73. The van der Waals surface area contributed by atoms with Crippen LogP contribution in [-0.4, -0.2) is 33.1 Å². The van der Waals surface area contributed by atoms with Crippen LogP contribution in [0.1, 0.15) is 32.6 Å². The molecule has 0 spiro atoms. The maximum Gasteiger partial charge on any atom is 0.343 e. The summed E-state index contributed by atoms with van der Waals surface area (Å²) in [6.07, 6.45) is 4.62. The number of nitrogens with zero attached hydrogens (tertiary/aromatic N) is 2. The number of rotatable bonds is 5. The number of hydrogen-bond donors (Lipinski definition) is 2. The van der Waals surface area contributed by atoms with Gasteiger partial charge in [0.2, 0.25) is 0 Å². The topological polar surface area (TPSA) is 62.7 Å². The second kappa shape index (κ2) is 5.73. The smallest absolute Gasteiger partial charge is 0.316 e. The van der Waals surface area contributed by atoms with Crippen LogP contribution in [0, 0.1) is 0 Å². The molecule has 1 aromatic rings. The van der Waals surface area contributed by atoms with Crippen LogP contribution in [-0.2, 0) is 6.54 Å². The minimum Gasteiger partial charge on any atom is -0.316 e. The van der Waals surface area contributed by atoms with E-state index in [2.05, 4.69) is 22.4 Å². The van der Waals surface area contributed by atoms with Crippen molar-refractivity contribution in [3.05, 3.63) is 10.5 Å². The quantitative estimate of drug-likeness (QED) is 0.831. The van der Waals surface area contributed by atoms with Crippen molar-refractivity contribution in [1.29, 1.82) is 0 Å². The summed E-state index contributed by atoms with van der Waals surface area (Å²) in [5.41, 5.74) is -0.0895. The van der Waals surface area contributed by atoms with Crippen LogP contribution in [0.4, 0.5) is 0 Å². The van der Waals surface area contributed by atoms with Crippen molar-refractivity contribution in [2.24, 2.45) is 0 Å². The third kappa shape index (κ3) is 2.74. The van der Waals surface area contributed by atoms with Gasteiger partial charge in [-0.25, -0.2) is 9.89 Å². The molecule has 1 fully saturated rings. The molecule has 2 rings (SSSR count). The van der Waals surface area contributed by atoms with Crippen molar-refractivity contribution in [2.45, 2.75) is 55.6 Å². The Bertz CT molecular complexity index is 414. The number of nitrogens with one attached hydrogen (secondary N) is 2. The van der Waals surface area contributed by atoms with Crippen molar-refractivity contribution in [3.63, 3.8) is 0 Å². The Hall–Kier alpha value is -0.750. The van der Waals surface area contributed by atoms with E-state index < -0.39 is 0 Å². The molecular formula is C11H20N4OS. The van der Waals surface area contributed by atoms with Gasteiger partial charge < -0.3 is 5.32 Å². The average molecular weight is 256 g/mol. The van der Waals surface area contributed by atoms with Gasteiger partial charge in [-0.05, 0) is 26.3 Å². The van der Waals surface area contributed by atoms with Gasteiger partial charge in [-0.15, -0.1) is 5.10 Å². The Morgan fingerprint density at radius 2 is 2.41 bits per heavy atom. The third-order valence-corrected chi connectivity index (χ3v) is 4.64. The van der Waals surface area contributed by atoms with Crippen LogP contribution in [0.5, 0.6) is 0 Å². The van der Waals surface area contributed by atoms with E-state index in [4.69, 9.17) is 0 Å². The molecule has 2 N–H and O–H groups in total. The number of hydrogen-bond acceptors (Lipinski definition) is 4. The predicted molar refractivity (Wildman–Crippen MR) is 69.5 cm³/mol. The van der Waals surface area contributed by atoms with Crippen LogP contribution in [0.25, 0.3) is 0 Å². The highest BCUT2D eigenvalue weighted by molar-refractivity contribution is 7.99. The fourth-order valence-corrected chi connectivity index (χ4v) is 3.74. The minimum absolute atomic E-state index is 0.0895. The average Bonchev–Trinajstić information content (AvgIpc) is 2.90. The van der Waals surface area contributed by atoms with Crippen molar-refractivity contribution in [2.75, 3.05) is 7.05 Å². The highest BCUT2D eigenvalue weighted by Crippen LogP contribution is 2.33. The maximum absolute atomic E-state index is 11.6. The second-order valence-corrected chi connectivity index (χ2v) is 5.65. The van der Waals surface area contributed by atoms with E-state index in [1.54, 1.807) is 16.3 Å². The van der Waals surface area contributed by atoms with Gasteiger partial charge in [-0.2, -0.15) is 0 Å². The summed E-state index contributed by atoms with van der Waals surface area (Å²) in [7, 11) is 2.01. The van der Waals surface area contributed by atoms with Crippen LogP contribution < -0.4 is 11.0 Å². The van der Waals surface area contributed by atoms with E-state index in [1.165, 1.54) is 19.3 Å². The summed E-state index contributed by atoms with van der Waals surface area (Å²) in [5, 5.41) is 11.4. The Kier molecular flexibility index (Phi) is 4.28. The van der Waals surface area contributed by atoms with E-state index in [0.29, 0.717) is 11.3 Å². The summed E-state index contributed by atoms with van der Waals surface area (Å²) in [5.74, 6) is 0. The van der Waals surface area contributed by atoms with Crippen molar-refractivity contribution >= 4 is 11.8 Å². The molecule has 1 aliphatic rings. The van der Waals surface area contributed by atoms with E-state index in [9.17, 15) is 4.79 Å². The zero-order valence-corrected chi connectivity index (χ0v) is 11.2. The fraction of sp³-hybridized carbons (Fsp3) is 0.818. The largest absolute Gasteiger partial charge is 0.343 e. The summed E-state index contributed by atoms with van der Waals surface area (Å²) < 4.78 is 1.75. The lowest BCUT2D eigenvalue weighted by Crippen LogP contribution is -2.31. The molecular weight excluding hydrogens is 236 g/mol. The molecule has 96 valence electrons. The van der Waals surface area contributed by atoms with E-state index in [0.717, 1.165) is 18.1 Å². The first-order chi connectivity index (χ1) is 8.26. The minimum atomic E-state index is -0.0895. The fourth-order valence-electron chi connectivity index (χ4n) is 2.35. The van der Waals surface area contributed by atoms with E-state index in [1.807, 2.05) is 7.05 Å². The molecule has 1 heterocycles. The highest BCUT2D eigenvalue weighted by atomic mass is 32.2. The van der Waals surface area contributed by atoms with E-state index in [-0.39, 0.29) is 5.69 Å². The van der Waals surface area contributed by atoms with Gasteiger partial charge in [-0.1, -0.05) is 25.1 Å². The SMILES string of the molecule is CCCn1c(SC2CCCC2NC)n[nH]c1=O. The van der Waals surface area contributed by atoms with E-state index >= 15 is 0 Å². The molecule has 2 unspecified atom stereocenters. The van der Waals surface area contributed by atoms with Crippen LogP contribution in [0.3, 0.4) is 0 Å². The normalized spacial score (nSPS) is 24.4. The highest BCUT2D eigenvalue weighted by Gasteiger charge is 2.28. The summed E-state index contributed by atoms with van der Waals surface area (Å²) in [4.78, 5) is 11.6. The zero-order valence-electron chi connectivity index (χ0n) is 10.4. The Morgan fingerprint density at radius 1 is 1.59 bits per heavy atom. The maximum atomic E-state index is 11.6. The molecule has 0 aromatic carbocycles. The number of aromatic nitrogens is 3. The standard InChI is InChI=1S/C11H20N4OS/c1-3-7-15-10(16)13-14-11(15)17-9-6-4-5-8(9)12-2/h8-9,12H,3-7H2,1-2H3,(H,13,16). The Balaban J connectivity index is 2.10. The van der Waals surface area contributed by atoms with Crippen LogP contribution in [0.15, 0.2) is 9.95 Å². The Labute approximate surface area is 105 Å². The van der Waals surface area contributed by atoms with Crippen molar-refractivity contribution in [1.82, 2.24) is 20.1 Å². The summed E-state index contributed by atoms with van der Waals surface area (Å²) in [6, 6.07) is 0.543. The monoisotopic (exact) mass is 256 g/mol. The lowest BCUT2D eigenvalue weighted by Gasteiger charge is -2.17. The van der Waals surface area contributed by atoms with Gasteiger partial charge >= 0.3 is 5.69 Å². The molecule has 6 heteroatoms. The van der Waals surface area contributed by atoms with Crippen LogP contribution >= 0.6 is 11.8 Å². The van der Waals surface area contributed by atoms with Gasteiger partial charge in [0.05, 0.1) is 0 Å². The molecule has 17 heavy (non-hydrogen) atoms. The van der Waals surface area contributed by atoms with Crippen molar-refractivity contribution in [3.8, 4) is 0 Å². The van der Waals surface area contributed by atoms with Gasteiger partial charge in [0, 0.05) is 17.8 Å². The van der Waals surface area contributed by atoms with Crippen LogP contribution in [0.2, 0.25) is 0 Å². The molecule has 0 saturated heterocycles. The molecule has 0 radical (unpaired) electrons. The number of thioether (sulfide) groups is 1. The van der Waals surface area contributed by atoms with Gasteiger partial charge in [0.15, 0.2) is 5.16 Å². The van der Waals surface area contributed by atoms with Crippen molar-refractivity contribution < 1.29 is 0 Å². The Morgan fingerprint density at radius 3 is 3.12 bits per heavy atom. The first kappa shape index (κ1) is 12.7. The predicted octanol–water partition coefficient (Wildman–Crippen LogP) is 1.21. The number of H-pyrrole nitrogens is 1. The van der Waals surface area contributed by atoms with Gasteiger partial charge in [0.25, 0.3) is 0 Å². The molecule has 0 amide bonds. The molecule has 2 atom stereocenters. The molecule has 1 aliphatic carbocycles. The van der Waals surface area contributed by atoms with Gasteiger partial charge in [0.1, 0.15) is 0 Å². The molecule has 1 saturated carbocycles. The zero-order chi connectivity index (χ0) is 12.3. The molecule has 0 aliphatic heterocycles. The summed E-state index contributed by atoms with van der Waals surface area (Å²) in [6.45, 7) is 2.81. The lowest BCUT2D eigenvalue weighted by molar-refractivity contribution is 0.581. The second-order valence-electron chi connectivity index (χ2n) is 4.45. The molecule has 5 nitrogen and oxygen atoms in total. The van der Waals surface area contributed by atoms with Gasteiger partial charge in [-0.3, -0.25) is 4.57 Å². The first-order valence-electron chi connectivity index (χ1n) is 6.25.